The third-order valence-electron chi connectivity index (χ3n) is 3.38. The Morgan fingerprint density at radius 1 is 1.33 bits per heavy atom. The molecule has 0 fully saturated rings. The molecule has 0 aliphatic heterocycles. The van der Waals surface area contributed by atoms with Crippen molar-refractivity contribution in [3.05, 3.63) is 23.8 Å². The molecule has 1 aromatic carbocycles. The number of hydrogen-bond donors (Lipinski definition) is 2. The molecule has 0 bridgehead atoms. The van der Waals surface area contributed by atoms with Crippen LogP contribution in [0.1, 0.15) is 32.8 Å². The standard InChI is InChI=1S/C16H24F2N2O3.ClH/c1-4-7-22-13-6-5-12(14(8-13)23-16(17)18)9-20-15(21)10(2)11(3)19;/h5-6,8,10-11,16H,4,7,9,19H2,1-3H3,(H,20,21);1H. The van der Waals surface area contributed by atoms with Crippen LogP contribution in [0.3, 0.4) is 0 Å². The summed E-state index contributed by atoms with van der Waals surface area (Å²) in [7, 11) is 0. The van der Waals surface area contributed by atoms with Crippen molar-refractivity contribution in [1.82, 2.24) is 5.32 Å². The highest BCUT2D eigenvalue weighted by atomic mass is 35.5. The maximum absolute atomic E-state index is 12.6. The van der Waals surface area contributed by atoms with Crippen molar-refractivity contribution >= 4 is 18.3 Å². The van der Waals surface area contributed by atoms with E-state index in [1.165, 1.54) is 6.07 Å². The summed E-state index contributed by atoms with van der Waals surface area (Å²) in [6, 6.07) is 4.36. The van der Waals surface area contributed by atoms with Crippen LogP contribution >= 0.6 is 12.4 Å². The fourth-order valence-electron chi connectivity index (χ4n) is 1.78. The normalized spacial score (nSPS) is 13.0. The van der Waals surface area contributed by atoms with Crippen molar-refractivity contribution in [2.24, 2.45) is 11.7 Å². The molecule has 0 saturated heterocycles. The molecule has 2 unspecified atom stereocenters. The van der Waals surface area contributed by atoms with E-state index in [4.69, 9.17) is 10.5 Å². The predicted octanol–water partition coefficient (Wildman–Crippen LogP) is 3.10. The number of halogens is 3. The maximum atomic E-state index is 12.6. The second kappa shape index (κ2) is 11.0. The van der Waals surface area contributed by atoms with Crippen LogP contribution in [0, 0.1) is 5.92 Å². The summed E-state index contributed by atoms with van der Waals surface area (Å²) in [4.78, 5) is 11.9. The van der Waals surface area contributed by atoms with Crippen molar-refractivity contribution in [2.45, 2.75) is 46.4 Å². The molecule has 2 atom stereocenters. The fourth-order valence-corrected chi connectivity index (χ4v) is 1.78. The van der Waals surface area contributed by atoms with E-state index in [0.29, 0.717) is 17.9 Å². The van der Waals surface area contributed by atoms with Crippen LogP contribution in [0.15, 0.2) is 18.2 Å². The van der Waals surface area contributed by atoms with E-state index in [9.17, 15) is 13.6 Å². The lowest BCUT2D eigenvalue weighted by molar-refractivity contribution is -0.125. The van der Waals surface area contributed by atoms with Crippen LogP contribution < -0.4 is 20.5 Å². The largest absolute Gasteiger partial charge is 0.493 e. The lowest BCUT2D eigenvalue weighted by Gasteiger charge is -2.17. The number of rotatable bonds is 9. The predicted molar refractivity (Wildman–Crippen MR) is 90.8 cm³/mol. The Morgan fingerprint density at radius 3 is 2.54 bits per heavy atom. The molecule has 1 rings (SSSR count). The van der Waals surface area contributed by atoms with Gasteiger partial charge in [0.05, 0.1) is 6.61 Å². The summed E-state index contributed by atoms with van der Waals surface area (Å²) in [6.07, 6.45) is 0.804. The van der Waals surface area contributed by atoms with E-state index in [2.05, 4.69) is 10.1 Å². The summed E-state index contributed by atoms with van der Waals surface area (Å²) < 4.78 is 35.0. The van der Waals surface area contributed by atoms with Crippen LogP contribution in [0.2, 0.25) is 0 Å². The molecule has 0 saturated carbocycles. The second-order valence-electron chi connectivity index (χ2n) is 5.36. The zero-order valence-electron chi connectivity index (χ0n) is 14.1. The van der Waals surface area contributed by atoms with Crippen molar-refractivity contribution < 1.29 is 23.0 Å². The molecule has 24 heavy (non-hydrogen) atoms. The van der Waals surface area contributed by atoms with Gasteiger partial charge in [0.2, 0.25) is 5.91 Å². The van der Waals surface area contributed by atoms with Crippen molar-refractivity contribution in [3.8, 4) is 11.5 Å². The minimum atomic E-state index is -2.95. The fraction of sp³-hybridized carbons (Fsp3) is 0.562. The van der Waals surface area contributed by atoms with Gasteiger partial charge in [-0.2, -0.15) is 8.78 Å². The SMILES string of the molecule is CCCOc1ccc(CNC(=O)C(C)C(C)N)c(OC(F)F)c1.Cl. The Kier molecular flexibility index (Phi) is 10.3. The van der Waals surface area contributed by atoms with Gasteiger partial charge in [0.1, 0.15) is 11.5 Å². The number of alkyl halides is 2. The number of hydrogen-bond acceptors (Lipinski definition) is 4. The molecule has 1 aromatic rings. The van der Waals surface area contributed by atoms with E-state index >= 15 is 0 Å². The van der Waals surface area contributed by atoms with E-state index in [1.54, 1.807) is 26.0 Å². The maximum Gasteiger partial charge on any atom is 0.387 e. The molecule has 0 spiro atoms. The molecule has 0 radical (unpaired) electrons. The first-order chi connectivity index (χ1) is 10.8. The molecular weight excluding hydrogens is 342 g/mol. The summed E-state index contributed by atoms with van der Waals surface area (Å²) in [5.41, 5.74) is 6.11. The quantitative estimate of drug-likeness (QED) is 0.704. The van der Waals surface area contributed by atoms with Gasteiger partial charge < -0.3 is 20.5 Å². The van der Waals surface area contributed by atoms with Gasteiger partial charge in [-0.15, -0.1) is 12.4 Å². The minimum absolute atomic E-state index is 0. The molecule has 8 heteroatoms. The molecule has 1 amide bonds. The van der Waals surface area contributed by atoms with Crippen LogP contribution in [0.5, 0.6) is 11.5 Å². The number of nitrogens with two attached hydrogens (primary N) is 1. The lowest BCUT2D eigenvalue weighted by Crippen LogP contribution is -2.38. The van der Waals surface area contributed by atoms with Gasteiger partial charge in [0.25, 0.3) is 0 Å². The van der Waals surface area contributed by atoms with Gasteiger partial charge in [0, 0.05) is 30.1 Å². The van der Waals surface area contributed by atoms with Crippen molar-refractivity contribution in [1.29, 1.82) is 0 Å². The number of ether oxygens (including phenoxy) is 2. The summed E-state index contributed by atoms with van der Waals surface area (Å²) in [6.45, 7) is 2.99. The average molecular weight is 367 g/mol. The summed E-state index contributed by atoms with van der Waals surface area (Å²) >= 11 is 0. The van der Waals surface area contributed by atoms with Crippen LogP contribution in [-0.4, -0.2) is 25.2 Å². The lowest BCUT2D eigenvalue weighted by atomic mass is 10.0. The first-order valence-corrected chi connectivity index (χ1v) is 7.59. The van der Waals surface area contributed by atoms with Gasteiger partial charge in [-0.05, 0) is 25.5 Å². The summed E-state index contributed by atoms with van der Waals surface area (Å²) in [5.74, 6) is -0.181. The Bertz CT molecular complexity index is 516. The average Bonchev–Trinajstić information content (AvgIpc) is 2.50. The number of amides is 1. The third kappa shape index (κ3) is 7.31. The smallest absolute Gasteiger partial charge is 0.387 e. The van der Waals surface area contributed by atoms with Crippen LogP contribution in [0.25, 0.3) is 0 Å². The molecule has 3 N–H and O–H groups in total. The number of benzene rings is 1. The Hall–Kier alpha value is -1.60. The Morgan fingerprint density at radius 2 is 2.00 bits per heavy atom. The van der Waals surface area contributed by atoms with E-state index in [1.807, 2.05) is 6.92 Å². The van der Waals surface area contributed by atoms with Gasteiger partial charge in [0.15, 0.2) is 0 Å². The zero-order chi connectivity index (χ0) is 17.4. The molecule has 0 aliphatic carbocycles. The Labute approximate surface area is 147 Å². The molecule has 138 valence electrons. The van der Waals surface area contributed by atoms with Gasteiger partial charge in [-0.3, -0.25) is 4.79 Å². The van der Waals surface area contributed by atoms with Gasteiger partial charge >= 0.3 is 6.61 Å². The first kappa shape index (κ1) is 22.4. The van der Waals surface area contributed by atoms with E-state index in [-0.39, 0.29) is 42.6 Å². The van der Waals surface area contributed by atoms with Gasteiger partial charge in [-0.25, -0.2) is 0 Å². The molecule has 0 aromatic heterocycles. The molecule has 0 heterocycles. The highest BCUT2D eigenvalue weighted by molar-refractivity contribution is 5.85. The third-order valence-corrected chi connectivity index (χ3v) is 3.38. The first-order valence-electron chi connectivity index (χ1n) is 7.59. The monoisotopic (exact) mass is 366 g/mol. The molecule has 0 aliphatic rings. The Balaban J connectivity index is 0.00000529. The highest BCUT2D eigenvalue weighted by Crippen LogP contribution is 2.26. The second-order valence-corrected chi connectivity index (χ2v) is 5.36. The van der Waals surface area contributed by atoms with Crippen LogP contribution in [0.4, 0.5) is 8.78 Å². The van der Waals surface area contributed by atoms with Gasteiger partial charge in [-0.1, -0.05) is 13.8 Å². The number of carbonyl (C=O) groups excluding carboxylic acids is 1. The van der Waals surface area contributed by atoms with Crippen molar-refractivity contribution in [2.75, 3.05) is 6.61 Å². The van der Waals surface area contributed by atoms with Crippen LogP contribution in [-0.2, 0) is 11.3 Å². The number of nitrogens with one attached hydrogen (secondary N) is 1. The molecular formula is C16H25ClF2N2O3. The topological polar surface area (TPSA) is 73.6 Å². The van der Waals surface area contributed by atoms with E-state index < -0.39 is 6.61 Å². The van der Waals surface area contributed by atoms with E-state index in [0.717, 1.165) is 6.42 Å². The zero-order valence-corrected chi connectivity index (χ0v) is 14.9. The highest BCUT2D eigenvalue weighted by Gasteiger charge is 2.18. The van der Waals surface area contributed by atoms with Crippen molar-refractivity contribution in [3.63, 3.8) is 0 Å². The number of carbonyl (C=O) groups is 1. The summed E-state index contributed by atoms with van der Waals surface area (Å²) in [5, 5.41) is 2.67. The minimum Gasteiger partial charge on any atom is -0.493 e. The molecule has 5 nitrogen and oxygen atoms in total.